The van der Waals surface area contributed by atoms with Crippen LogP contribution < -0.4 is 10.3 Å². The Hall–Kier alpha value is -3.07. The molecule has 2 aromatic heterocycles. The van der Waals surface area contributed by atoms with E-state index in [4.69, 9.17) is 4.74 Å². The van der Waals surface area contributed by atoms with Gasteiger partial charge in [0.15, 0.2) is 9.84 Å². The summed E-state index contributed by atoms with van der Waals surface area (Å²) in [7, 11) is -1.90. The van der Waals surface area contributed by atoms with E-state index in [2.05, 4.69) is 5.10 Å². The maximum atomic E-state index is 12.9. The highest BCUT2D eigenvalue weighted by Crippen LogP contribution is 2.41. The lowest BCUT2D eigenvalue weighted by Crippen LogP contribution is -2.18. The zero-order chi connectivity index (χ0) is 23.2. The molecule has 1 saturated carbocycles. The summed E-state index contributed by atoms with van der Waals surface area (Å²) in [6.45, 7) is 4.45. The molecule has 0 saturated heterocycles. The van der Waals surface area contributed by atoms with Gasteiger partial charge in [-0.2, -0.15) is 5.10 Å². The maximum Gasteiger partial charge on any atom is 0.262 e. The molecule has 1 fully saturated rings. The van der Waals surface area contributed by atoms with Gasteiger partial charge >= 0.3 is 0 Å². The molecular weight excluding hydrogens is 430 g/mol. The monoisotopic (exact) mass is 457 g/mol. The van der Waals surface area contributed by atoms with Crippen LogP contribution in [0.4, 0.5) is 0 Å². The molecule has 170 valence electrons. The van der Waals surface area contributed by atoms with Gasteiger partial charge in [0.25, 0.3) is 5.56 Å². The molecule has 0 atom stereocenters. The van der Waals surface area contributed by atoms with Crippen LogP contribution in [0.25, 0.3) is 22.3 Å². The molecule has 1 aliphatic carbocycles. The lowest BCUT2D eigenvalue weighted by Gasteiger charge is -2.16. The van der Waals surface area contributed by atoms with Crippen molar-refractivity contribution in [3.05, 3.63) is 47.1 Å². The first-order chi connectivity index (χ1) is 15.1. The van der Waals surface area contributed by atoms with Crippen LogP contribution in [0.15, 0.2) is 46.5 Å². The second kappa shape index (κ2) is 8.12. The van der Waals surface area contributed by atoms with Crippen LogP contribution in [0.2, 0.25) is 0 Å². The first-order valence-electron chi connectivity index (χ1n) is 10.5. The van der Waals surface area contributed by atoms with Gasteiger partial charge in [-0.05, 0) is 50.8 Å². The molecule has 0 radical (unpaired) electrons. The number of ether oxygens (including phenoxy) is 1. The molecule has 0 aliphatic heterocycles. The van der Waals surface area contributed by atoms with Gasteiger partial charge < -0.3 is 14.4 Å². The summed E-state index contributed by atoms with van der Waals surface area (Å²) in [5.74, 6) is 0.712. The van der Waals surface area contributed by atoms with Gasteiger partial charge in [0.2, 0.25) is 0 Å². The topological polar surface area (TPSA) is 103 Å². The van der Waals surface area contributed by atoms with Crippen LogP contribution in [-0.2, 0) is 16.9 Å². The number of hydrogen-bond donors (Lipinski definition) is 1. The molecule has 3 aromatic rings. The van der Waals surface area contributed by atoms with E-state index in [9.17, 15) is 18.3 Å². The fraction of sp³-hybridized carbons (Fsp3) is 0.391. The van der Waals surface area contributed by atoms with Gasteiger partial charge in [0.05, 0.1) is 23.3 Å². The Balaban J connectivity index is 1.92. The molecular formula is C23H27N3O5S. The lowest BCUT2D eigenvalue weighted by molar-refractivity contribution is 0.300. The van der Waals surface area contributed by atoms with Crippen molar-refractivity contribution < 1.29 is 18.3 Å². The van der Waals surface area contributed by atoms with Crippen LogP contribution in [0.1, 0.15) is 32.7 Å². The van der Waals surface area contributed by atoms with Crippen LogP contribution in [0.5, 0.6) is 11.5 Å². The van der Waals surface area contributed by atoms with Crippen LogP contribution in [0, 0.1) is 5.92 Å². The summed E-state index contributed by atoms with van der Waals surface area (Å²) in [6, 6.07) is 4.67. The van der Waals surface area contributed by atoms with E-state index in [0.717, 1.165) is 19.1 Å². The van der Waals surface area contributed by atoms with E-state index < -0.39 is 9.84 Å². The molecule has 0 bridgehead atoms. The van der Waals surface area contributed by atoms with Crippen molar-refractivity contribution in [2.24, 2.45) is 13.0 Å². The minimum absolute atomic E-state index is 0.0896. The highest BCUT2D eigenvalue weighted by molar-refractivity contribution is 7.90. The number of benzene rings is 1. The Morgan fingerprint density at radius 2 is 1.94 bits per heavy atom. The summed E-state index contributed by atoms with van der Waals surface area (Å²) in [4.78, 5) is 13.0. The van der Waals surface area contributed by atoms with Gasteiger partial charge in [-0.1, -0.05) is 0 Å². The molecule has 0 unspecified atom stereocenters. The van der Waals surface area contributed by atoms with Crippen molar-refractivity contribution in [3.63, 3.8) is 0 Å². The van der Waals surface area contributed by atoms with E-state index in [1.807, 2.05) is 13.8 Å². The van der Waals surface area contributed by atoms with Crippen LogP contribution in [0.3, 0.4) is 0 Å². The number of pyridine rings is 1. The Labute approximate surface area is 187 Å². The molecule has 8 nitrogen and oxygen atoms in total. The molecule has 1 aromatic carbocycles. The number of aromatic hydroxyl groups is 1. The predicted octanol–water partition coefficient (Wildman–Crippen LogP) is 3.39. The normalized spacial score (nSPS) is 14.2. The average Bonchev–Trinajstić information content (AvgIpc) is 3.43. The Kier molecular flexibility index (Phi) is 5.62. The summed E-state index contributed by atoms with van der Waals surface area (Å²) >= 11 is 0. The van der Waals surface area contributed by atoms with E-state index in [1.165, 1.54) is 29.1 Å². The van der Waals surface area contributed by atoms with Crippen molar-refractivity contribution in [2.45, 2.75) is 37.6 Å². The number of nitrogens with zero attached hydrogens (tertiary/aromatic N) is 3. The van der Waals surface area contributed by atoms with Gasteiger partial charge in [-0.25, -0.2) is 8.42 Å². The van der Waals surface area contributed by atoms with E-state index in [-0.39, 0.29) is 27.8 Å². The van der Waals surface area contributed by atoms with Crippen LogP contribution >= 0.6 is 0 Å². The minimum Gasteiger partial charge on any atom is -0.506 e. The summed E-state index contributed by atoms with van der Waals surface area (Å²) in [6.07, 6.45) is 8.08. The van der Waals surface area contributed by atoms with Gasteiger partial charge in [-0.3, -0.25) is 9.48 Å². The Morgan fingerprint density at radius 1 is 1.22 bits per heavy atom. The molecule has 1 N–H and O–H groups in total. The fourth-order valence-electron chi connectivity index (χ4n) is 3.50. The number of aromatic nitrogens is 3. The summed E-state index contributed by atoms with van der Waals surface area (Å²) in [5.41, 5.74) is 0.942. The third-order valence-electron chi connectivity index (χ3n) is 5.61. The second-order valence-electron chi connectivity index (χ2n) is 8.67. The molecule has 2 heterocycles. The number of rotatable bonds is 7. The molecule has 1 aliphatic rings. The third kappa shape index (κ3) is 4.29. The Bertz CT molecular complexity index is 1330. The lowest BCUT2D eigenvalue weighted by atomic mass is 10.0. The predicted molar refractivity (Wildman–Crippen MR) is 122 cm³/mol. The molecule has 0 spiro atoms. The maximum absolute atomic E-state index is 12.9. The molecule has 4 rings (SSSR count). The first-order valence-corrected chi connectivity index (χ1v) is 12.4. The van der Waals surface area contributed by atoms with Crippen molar-refractivity contribution in [3.8, 4) is 33.8 Å². The van der Waals surface area contributed by atoms with E-state index in [1.54, 1.807) is 24.0 Å². The second-order valence-corrected chi connectivity index (χ2v) is 10.7. The van der Waals surface area contributed by atoms with Gasteiger partial charge in [-0.15, -0.1) is 0 Å². The smallest absolute Gasteiger partial charge is 0.262 e. The molecule has 0 amide bonds. The van der Waals surface area contributed by atoms with Gasteiger partial charge in [0, 0.05) is 48.4 Å². The first kappa shape index (κ1) is 22.1. The van der Waals surface area contributed by atoms with Crippen molar-refractivity contribution in [1.82, 2.24) is 14.3 Å². The van der Waals surface area contributed by atoms with Crippen LogP contribution in [-0.4, -0.2) is 40.7 Å². The van der Waals surface area contributed by atoms with E-state index in [0.29, 0.717) is 35.0 Å². The number of hydrogen-bond acceptors (Lipinski definition) is 6. The average molecular weight is 458 g/mol. The fourth-order valence-corrected chi connectivity index (χ4v) is 4.15. The largest absolute Gasteiger partial charge is 0.506 e. The molecule has 32 heavy (non-hydrogen) atoms. The summed E-state index contributed by atoms with van der Waals surface area (Å²) < 4.78 is 33.4. The molecule has 9 heteroatoms. The highest BCUT2D eigenvalue weighted by Gasteiger charge is 2.25. The van der Waals surface area contributed by atoms with Crippen molar-refractivity contribution >= 4 is 9.84 Å². The highest BCUT2D eigenvalue weighted by atomic mass is 32.2. The zero-order valence-corrected chi connectivity index (χ0v) is 19.4. The SMILES string of the molecule is CC(C)n1cc(-c2c(O)c(-c3cc(S(C)(=O)=O)ccc3OCC3CC3)cn(C)c2=O)cn1. The third-order valence-corrected chi connectivity index (χ3v) is 6.72. The number of sulfone groups is 1. The Morgan fingerprint density at radius 3 is 2.53 bits per heavy atom. The van der Waals surface area contributed by atoms with Crippen molar-refractivity contribution in [1.29, 1.82) is 0 Å². The van der Waals surface area contributed by atoms with E-state index >= 15 is 0 Å². The minimum atomic E-state index is -3.49. The standard InChI is InChI=1S/C23H27N3O5S/c1-14(2)26-11-16(10-24-26)21-22(27)19(12-25(3)23(21)28)18-9-17(32(4,29)30)7-8-20(18)31-13-15-5-6-15/h7-12,14-15,27H,5-6,13H2,1-4H3. The zero-order valence-electron chi connectivity index (χ0n) is 18.6. The van der Waals surface area contributed by atoms with Gasteiger partial charge in [0.1, 0.15) is 11.5 Å². The number of aryl methyl sites for hydroxylation is 1. The summed E-state index contributed by atoms with van der Waals surface area (Å²) in [5, 5.41) is 15.5. The quantitative estimate of drug-likeness (QED) is 0.583. The van der Waals surface area contributed by atoms with Crippen molar-refractivity contribution in [2.75, 3.05) is 12.9 Å².